The third-order valence-corrected chi connectivity index (χ3v) is 3.27. The fourth-order valence-corrected chi connectivity index (χ4v) is 2.06. The van der Waals surface area contributed by atoms with E-state index < -0.39 is 5.82 Å². The van der Waals surface area contributed by atoms with Gasteiger partial charge in [0.05, 0.1) is 0 Å². The molecule has 0 amide bonds. The molecule has 0 saturated heterocycles. The van der Waals surface area contributed by atoms with Gasteiger partial charge in [-0.05, 0) is 48.2 Å². The maximum absolute atomic E-state index is 13.1. The SMILES string of the molecule is CSc1ccc(NCc2cc(O)cc(F)c2)cc1. The van der Waals surface area contributed by atoms with E-state index in [1.165, 1.54) is 11.0 Å². The molecule has 0 saturated carbocycles. The van der Waals surface area contributed by atoms with Crippen molar-refractivity contribution in [2.75, 3.05) is 11.6 Å². The number of benzene rings is 2. The zero-order valence-electron chi connectivity index (χ0n) is 9.98. The van der Waals surface area contributed by atoms with Gasteiger partial charge in [-0.25, -0.2) is 4.39 Å². The fourth-order valence-electron chi connectivity index (χ4n) is 1.65. The first-order valence-electron chi connectivity index (χ1n) is 5.54. The van der Waals surface area contributed by atoms with Crippen LogP contribution in [0.3, 0.4) is 0 Å². The zero-order valence-corrected chi connectivity index (χ0v) is 10.8. The highest BCUT2D eigenvalue weighted by molar-refractivity contribution is 7.98. The monoisotopic (exact) mass is 263 g/mol. The summed E-state index contributed by atoms with van der Waals surface area (Å²) in [6.07, 6.45) is 2.03. The van der Waals surface area contributed by atoms with Gasteiger partial charge < -0.3 is 10.4 Å². The lowest BCUT2D eigenvalue weighted by molar-refractivity contribution is 0.468. The van der Waals surface area contributed by atoms with Crippen molar-refractivity contribution in [3.05, 3.63) is 53.8 Å². The van der Waals surface area contributed by atoms with E-state index in [4.69, 9.17) is 0 Å². The fraction of sp³-hybridized carbons (Fsp3) is 0.143. The Balaban J connectivity index is 2.01. The lowest BCUT2D eigenvalue weighted by Gasteiger charge is -2.07. The molecular formula is C14H14FNOS. The molecular weight excluding hydrogens is 249 g/mol. The quantitative estimate of drug-likeness (QED) is 0.821. The van der Waals surface area contributed by atoms with Crippen molar-refractivity contribution in [3.8, 4) is 5.75 Å². The first-order chi connectivity index (χ1) is 8.67. The molecule has 0 spiro atoms. The van der Waals surface area contributed by atoms with E-state index in [2.05, 4.69) is 5.32 Å². The number of halogens is 1. The van der Waals surface area contributed by atoms with E-state index in [9.17, 15) is 9.50 Å². The number of phenolic OH excluding ortho intramolecular Hbond substituents is 1. The van der Waals surface area contributed by atoms with Crippen molar-refractivity contribution in [1.82, 2.24) is 0 Å². The van der Waals surface area contributed by atoms with Crippen molar-refractivity contribution in [2.24, 2.45) is 0 Å². The minimum atomic E-state index is -0.426. The molecule has 0 heterocycles. The molecule has 2 aromatic rings. The highest BCUT2D eigenvalue weighted by Crippen LogP contribution is 2.19. The van der Waals surface area contributed by atoms with Crippen molar-refractivity contribution < 1.29 is 9.50 Å². The van der Waals surface area contributed by atoms with Gasteiger partial charge in [-0.3, -0.25) is 0 Å². The first-order valence-corrected chi connectivity index (χ1v) is 6.76. The molecule has 0 aliphatic rings. The lowest BCUT2D eigenvalue weighted by atomic mass is 10.2. The van der Waals surface area contributed by atoms with Crippen molar-refractivity contribution in [2.45, 2.75) is 11.4 Å². The summed E-state index contributed by atoms with van der Waals surface area (Å²) in [5.41, 5.74) is 1.68. The summed E-state index contributed by atoms with van der Waals surface area (Å²) in [7, 11) is 0. The molecule has 0 aliphatic carbocycles. The number of hydrogen-bond acceptors (Lipinski definition) is 3. The average molecular weight is 263 g/mol. The zero-order chi connectivity index (χ0) is 13.0. The van der Waals surface area contributed by atoms with Crippen molar-refractivity contribution >= 4 is 17.4 Å². The smallest absolute Gasteiger partial charge is 0.127 e. The van der Waals surface area contributed by atoms with Gasteiger partial charge in [0, 0.05) is 23.2 Å². The molecule has 0 radical (unpaired) electrons. The number of aromatic hydroxyl groups is 1. The Bertz CT molecular complexity index is 508. The number of anilines is 1. The lowest BCUT2D eigenvalue weighted by Crippen LogP contribution is -1.99. The molecule has 0 aliphatic heterocycles. The number of thioether (sulfide) groups is 1. The predicted octanol–water partition coefficient (Wildman–Crippen LogP) is 3.87. The maximum Gasteiger partial charge on any atom is 0.127 e. The molecule has 0 atom stereocenters. The molecule has 0 fully saturated rings. The van der Waals surface area contributed by atoms with Gasteiger partial charge in [0.25, 0.3) is 0 Å². The molecule has 0 unspecified atom stereocenters. The third-order valence-electron chi connectivity index (χ3n) is 2.53. The molecule has 4 heteroatoms. The Labute approximate surface area is 110 Å². The van der Waals surface area contributed by atoms with Crippen LogP contribution in [0.5, 0.6) is 5.75 Å². The Morgan fingerprint density at radius 2 is 1.89 bits per heavy atom. The van der Waals surface area contributed by atoms with Gasteiger partial charge in [0.1, 0.15) is 11.6 Å². The van der Waals surface area contributed by atoms with E-state index in [-0.39, 0.29) is 5.75 Å². The maximum atomic E-state index is 13.1. The van der Waals surface area contributed by atoms with Crippen LogP contribution < -0.4 is 5.32 Å². The Morgan fingerprint density at radius 1 is 1.17 bits per heavy atom. The summed E-state index contributed by atoms with van der Waals surface area (Å²) in [5.74, 6) is -0.478. The van der Waals surface area contributed by atoms with Gasteiger partial charge in [-0.15, -0.1) is 11.8 Å². The standard InChI is InChI=1S/C14H14FNOS/c1-18-14-4-2-12(3-5-14)16-9-10-6-11(15)8-13(17)7-10/h2-8,16-17H,9H2,1H3. The van der Waals surface area contributed by atoms with Gasteiger partial charge in [0.15, 0.2) is 0 Å². The normalized spacial score (nSPS) is 10.3. The molecule has 2 N–H and O–H groups in total. The van der Waals surface area contributed by atoms with Gasteiger partial charge in [0.2, 0.25) is 0 Å². The van der Waals surface area contributed by atoms with Crippen LogP contribution in [0.2, 0.25) is 0 Å². The Morgan fingerprint density at radius 3 is 2.50 bits per heavy atom. The number of phenols is 1. The Hall–Kier alpha value is -1.68. The number of rotatable bonds is 4. The van der Waals surface area contributed by atoms with Gasteiger partial charge >= 0.3 is 0 Å². The van der Waals surface area contributed by atoms with Gasteiger partial charge in [-0.2, -0.15) is 0 Å². The van der Waals surface area contributed by atoms with Crippen LogP contribution in [0, 0.1) is 5.82 Å². The minimum absolute atomic E-state index is 0.0514. The third kappa shape index (κ3) is 3.40. The van der Waals surface area contributed by atoms with Gasteiger partial charge in [-0.1, -0.05) is 0 Å². The van der Waals surface area contributed by atoms with Crippen LogP contribution in [0.15, 0.2) is 47.4 Å². The largest absolute Gasteiger partial charge is 0.508 e. The van der Waals surface area contributed by atoms with Crippen LogP contribution in [-0.4, -0.2) is 11.4 Å². The summed E-state index contributed by atoms with van der Waals surface area (Å²) in [6.45, 7) is 0.476. The number of nitrogens with one attached hydrogen (secondary N) is 1. The second kappa shape index (κ2) is 5.78. The topological polar surface area (TPSA) is 32.3 Å². The summed E-state index contributed by atoms with van der Waals surface area (Å²) in [6, 6.07) is 12.0. The second-order valence-electron chi connectivity index (χ2n) is 3.90. The van der Waals surface area contributed by atoms with Crippen molar-refractivity contribution in [3.63, 3.8) is 0 Å². The van der Waals surface area contributed by atoms with Crippen LogP contribution in [0.1, 0.15) is 5.56 Å². The number of hydrogen-bond donors (Lipinski definition) is 2. The highest BCUT2D eigenvalue weighted by atomic mass is 32.2. The van der Waals surface area contributed by atoms with Crippen LogP contribution >= 0.6 is 11.8 Å². The van der Waals surface area contributed by atoms with Crippen LogP contribution in [0.25, 0.3) is 0 Å². The van der Waals surface area contributed by atoms with E-state index in [0.717, 1.165) is 11.8 Å². The average Bonchev–Trinajstić information content (AvgIpc) is 2.36. The summed E-state index contributed by atoms with van der Waals surface area (Å²) in [5, 5.41) is 12.5. The second-order valence-corrected chi connectivity index (χ2v) is 4.78. The molecule has 0 bridgehead atoms. The van der Waals surface area contributed by atoms with E-state index in [1.807, 2.05) is 30.5 Å². The molecule has 18 heavy (non-hydrogen) atoms. The van der Waals surface area contributed by atoms with Crippen LogP contribution in [0.4, 0.5) is 10.1 Å². The van der Waals surface area contributed by atoms with Crippen molar-refractivity contribution in [1.29, 1.82) is 0 Å². The molecule has 2 nitrogen and oxygen atoms in total. The van der Waals surface area contributed by atoms with E-state index in [1.54, 1.807) is 17.8 Å². The Kier molecular flexibility index (Phi) is 4.10. The van der Waals surface area contributed by atoms with Crippen LogP contribution in [-0.2, 0) is 6.54 Å². The molecule has 94 valence electrons. The van der Waals surface area contributed by atoms with E-state index >= 15 is 0 Å². The van der Waals surface area contributed by atoms with E-state index in [0.29, 0.717) is 12.1 Å². The summed E-state index contributed by atoms with van der Waals surface area (Å²) >= 11 is 1.69. The predicted molar refractivity (Wildman–Crippen MR) is 73.6 cm³/mol. The molecule has 0 aromatic heterocycles. The highest BCUT2D eigenvalue weighted by Gasteiger charge is 2.00. The molecule has 2 rings (SSSR count). The summed E-state index contributed by atoms with van der Waals surface area (Å²) in [4.78, 5) is 1.20. The molecule has 2 aromatic carbocycles. The first kappa shape index (κ1) is 12.8. The summed E-state index contributed by atoms with van der Waals surface area (Å²) < 4.78 is 13.1. The minimum Gasteiger partial charge on any atom is -0.508 e.